The van der Waals surface area contributed by atoms with E-state index >= 15 is 0 Å². The van der Waals surface area contributed by atoms with Crippen LogP contribution in [0.1, 0.15) is 51.4 Å². The maximum atomic E-state index is 13.0. The minimum Gasteiger partial charge on any atom is -0.352 e. The second kappa shape index (κ2) is 5.72. The van der Waals surface area contributed by atoms with Crippen molar-refractivity contribution in [3.63, 3.8) is 0 Å². The number of hydrogen-bond donors (Lipinski definition) is 1. The second-order valence-electron chi connectivity index (χ2n) is 5.55. The van der Waals surface area contributed by atoms with Gasteiger partial charge in [-0.15, -0.1) is 11.6 Å². The Labute approximate surface area is 111 Å². The summed E-state index contributed by atoms with van der Waals surface area (Å²) in [5.74, 6) is -2.91. The smallest absolute Gasteiger partial charge is 0.248 e. The van der Waals surface area contributed by atoms with E-state index in [-0.39, 0.29) is 36.1 Å². The molecule has 0 saturated heterocycles. The lowest BCUT2D eigenvalue weighted by Gasteiger charge is -2.32. The van der Waals surface area contributed by atoms with E-state index in [1.54, 1.807) is 0 Å². The molecule has 0 aliphatic heterocycles. The van der Waals surface area contributed by atoms with Crippen LogP contribution in [0.5, 0.6) is 0 Å². The fourth-order valence-electron chi connectivity index (χ4n) is 2.85. The van der Waals surface area contributed by atoms with Gasteiger partial charge in [-0.2, -0.15) is 0 Å². The van der Waals surface area contributed by atoms with Gasteiger partial charge in [-0.25, -0.2) is 8.78 Å². The number of nitrogens with one attached hydrogen (secondary N) is 1. The quantitative estimate of drug-likeness (QED) is 0.771. The number of amides is 1. The zero-order valence-corrected chi connectivity index (χ0v) is 11.2. The molecule has 2 fully saturated rings. The molecule has 0 spiro atoms. The van der Waals surface area contributed by atoms with Gasteiger partial charge in [0.25, 0.3) is 0 Å². The standard InChI is InChI=1S/C13H20ClF2NO/c14-10-3-1-2-4-11(10)17-12(18)9-5-7-13(15,16)8-6-9/h9-11H,1-8H2,(H,17,18). The van der Waals surface area contributed by atoms with Gasteiger partial charge in [0.1, 0.15) is 0 Å². The molecule has 18 heavy (non-hydrogen) atoms. The van der Waals surface area contributed by atoms with Crippen LogP contribution in [0.4, 0.5) is 8.78 Å². The van der Waals surface area contributed by atoms with Gasteiger partial charge in [-0.05, 0) is 25.7 Å². The third-order valence-electron chi connectivity index (χ3n) is 4.10. The van der Waals surface area contributed by atoms with Crippen molar-refractivity contribution >= 4 is 17.5 Å². The summed E-state index contributed by atoms with van der Waals surface area (Å²) in [5.41, 5.74) is 0. The Morgan fingerprint density at radius 3 is 2.33 bits per heavy atom. The zero-order valence-electron chi connectivity index (χ0n) is 10.4. The van der Waals surface area contributed by atoms with Crippen LogP contribution in [0.15, 0.2) is 0 Å². The van der Waals surface area contributed by atoms with Crippen molar-refractivity contribution < 1.29 is 13.6 Å². The molecular formula is C13H20ClF2NO. The molecule has 0 aromatic rings. The number of carbonyl (C=O) groups is 1. The molecule has 2 unspecified atom stereocenters. The van der Waals surface area contributed by atoms with Gasteiger partial charge in [-0.1, -0.05) is 12.8 Å². The molecule has 2 aliphatic rings. The van der Waals surface area contributed by atoms with E-state index in [0.29, 0.717) is 12.8 Å². The summed E-state index contributed by atoms with van der Waals surface area (Å²) >= 11 is 6.18. The lowest BCUT2D eigenvalue weighted by atomic mass is 9.85. The summed E-state index contributed by atoms with van der Waals surface area (Å²) in [5, 5.41) is 2.94. The van der Waals surface area contributed by atoms with Crippen LogP contribution in [0, 0.1) is 5.92 Å². The molecule has 0 bridgehead atoms. The van der Waals surface area contributed by atoms with Crippen molar-refractivity contribution in [1.82, 2.24) is 5.32 Å². The summed E-state index contributed by atoms with van der Waals surface area (Å²) in [6.07, 6.45) is 4.27. The fourth-order valence-corrected chi connectivity index (χ4v) is 3.19. The van der Waals surface area contributed by atoms with Crippen LogP contribution in [0.3, 0.4) is 0 Å². The second-order valence-corrected chi connectivity index (χ2v) is 6.11. The van der Waals surface area contributed by atoms with Crippen molar-refractivity contribution in [3.05, 3.63) is 0 Å². The average molecular weight is 280 g/mol. The molecule has 5 heteroatoms. The number of carbonyl (C=O) groups excluding carboxylic acids is 1. The molecule has 2 saturated carbocycles. The third kappa shape index (κ3) is 3.56. The van der Waals surface area contributed by atoms with E-state index in [2.05, 4.69) is 5.32 Å². The Bertz CT molecular complexity index is 301. The molecule has 1 N–H and O–H groups in total. The summed E-state index contributed by atoms with van der Waals surface area (Å²) in [6, 6.07) is 0.0235. The molecule has 2 nitrogen and oxygen atoms in total. The average Bonchev–Trinajstić information content (AvgIpc) is 2.32. The van der Waals surface area contributed by atoms with Crippen LogP contribution in [-0.4, -0.2) is 23.2 Å². The number of alkyl halides is 3. The SMILES string of the molecule is O=C(NC1CCCCC1Cl)C1CCC(F)(F)CC1. The van der Waals surface area contributed by atoms with Crippen molar-refractivity contribution in [1.29, 1.82) is 0 Å². The van der Waals surface area contributed by atoms with E-state index in [0.717, 1.165) is 25.7 Å². The Kier molecular flexibility index (Phi) is 4.46. The molecule has 0 radical (unpaired) electrons. The Balaban J connectivity index is 1.81. The monoisotopic (exact) mass is 279 g/mol. The lowest BCUT2D eigenvalue weighted by molar-refractivity contribution is -0.130. The van der Waals surface area contributed by atoms with Crippen LogP contribution >= 0.6 is 11.6 Å². The number of hydrogen-bond acceptors (Lipinski definition) is 1. The van der Waals surface area contributed by atoms with E-state index < -0.39 is 5.92 Å². The predicted molar refractivity (Wildman–Crippen MR) is 66.9 cm³/mol. The molecule has 2 rings (SSSR count). The lowest BCUT2D eigenvalue weighted by Crippen LogP contribution is -2.46. The topological polar surface area (TPSA) is 29.1 Å². The highest BCUT2D eigenvalue weighted by Gasteiger charge is 2.38. The zero-order chi connectivity index (χ0) is 13.2. The van der Waals surface area contributed by atoms with Crippen molar-refractivity contribution in [2.45, 2.75) is 68.7 Å². The fraction of sp³-hybridized carbons (Fsp3) is 0.923. The molecule has 0 aromatic heterocycles. The first kappa shape index (κ1) is 14.0. The molecular weight excluding hydrogens is 260 g/mol. The molecule has 104 valence electrons. The normalized spacial score (nSPS) is 33.1. The van der Waals surface area contributed by atoms with Crippen molar-refractivity contribution in [2.75, 3.05) is 0 Å². The van der Waals surface area contributed by atoms with Crippen LogP contribution in [-0.2, 0) is 4.79 Å². The van der Waals surface area contributed by atoms with Gasteiger partial charge in [0.2, 0.25) is 11.8 Å². The first-order chi connectivity index (χ1) is 8.48. The Morgan fingerprint density at radius 1 is 1.11 bits per heavy atom. The highest BCUT2D eigenvalue weighted by atomic mass is 35.5. The van der Waals surface area contributed by atoms with E-state index in [4.69, 9.17) is 11.6 Å². The maximum absolute atomic E-state index is 13.0. The first-order valence-corrected chi connectivity index (χ1v) is 7.24. The maximum Gasteiger partial charge on any atom is 0.248 e. The number of halogens is 3. The van der Waals surface area contributed by atoms with Gasteiger partial charge in [0, 0.05) is 24.8 Å². The summed E-state index contributed by atoms with van der Waals surface area (Å²) in [7, 11) is 0. The van der Waals surface area contributed by atoms with Crippen molar-refractivity contribution in [3.8, 4) is 0 Å². The largest absolute Gasteiger partial charge is 0.352 e. The molecule has 0 heterocycles. The van der Waals surface area contributed by atoms with Gasteiger partial charge in [0.05, 0.1) is 5.38 Å². The first-order valence-electron chi connectivity index (χ1n) is 6.80. The van der Waals surface area contributed by atoms with Gasteiger partial charge < -0.3 is 5.32 Å². The van der Waals surface area contributed by atoms with E-state index in [1.807, 2.05) is 0 Å². The van der Waals surface area contributed by atoms with Crippen LogP contribution in [0.25, 0.3) is 0 Å². The third-order valence-corrected chi connectivity index (χ3v) is 4.62. The Morgan fingerprint density at radius 2 is 1.72 bits per heavy atom. The van der Waals surface area contributed by atoms with Crippen molar-refractivity contribution in [2.24, 2.45) is 5.92 Å². The minimum atomic E-state index is -2.57. The predicted octanol–water partition coefficient (Wildman–Crippen LogP) is 3.48. The molecule has 1 amide bonds. The van der Waals surface area contributed by atoms with Gasteiger partial charge in [0.15, 0.2) is 0 Å². The van der Waals surface area contributed by atoms with Crippen LogP contribution in [0.2, 0.25) is 0 Å². The summed E-state index contributed by atoms with van der Waals surface area (Å²) in [6.45, 7) is 0. The van der Waals surface area contributed by atoms with E-state index in [9.17, 15) is 13.6 Å². The highest BCUT2D eigenvalue weighted by molar-refractivity contribution is 6.21. The molecule has 0 aromatic carbocycles. The summed E-state index contributed by atoms with van der Waals surface area (Å²) in [4.78, 5) is 12.0. The highest BCUT2D eigenvalue weighted by Crippen LogP contribution is 2.36. The van der Waals surface area contributed by atoms with Gasteiger partial charge >= 0.3 is 0 Å². The minimum absolute atomic E-state index is 0.00673. The Hall–Kier alpha value is -0.380. The number of rotatable bonds is 2. The van der Waals surface area contributed by atoms with Gasteiger partial charge in [-0.3, -0.25) is 4.79 Å². The molecule has 2 atom stereocenters. The summed E-state index contributed by atoms with van der Waals surface area (Å²) < 4.78 is 26.0. The van der Waals surface area contributed by atoms with E-state index in [1.165, 1.54) is 0 Å². The molecule has 2 aliphatic carbocycles. The van der Waals surface area contributed by atoms with Crippen LogP contribution < -0.4 is 5.32 Å².